The number of carboxylic acids is 1. The van der Waals surface area contributed by atoms with Crippen LogP contribution >= 0.6 is 39.3 Å². The zero-order chi connectivity index (χ0) is 22.5. The first-order valence-corrected chi connectivity index (χ1v) is 10.7. The fraction of sp³-hybridized carbons (Fsp3) is 0.100. The average molecular weight is 526 g/mol. The van der Waals surface area contributed by atoms with Crippen LogP contribution in [0.15, 0.2) is 51.8 Å². The molecular formula is C20H14BrClN2O6S. The van der Waals surface area contributed by atoms with Crippen molar-refractivity contribution in [3.05, 3.63) is 62.4 Å². The van der Waals surface area contributed by atoms with E-state index in [1.165, 1.54) is 6.08 Å². The van der Waals surface area contributed by atoms with Crippen LogP contribution in [0.2, 0.25) is 5.02 Å². The van der Waals surface area contributed by atoms with Crippen molar-refractivity contribution in [3.63, 3.8) is 0 Å². The van der Waals surface area contributed by atoms with Crippen molar-refractivity contribution in [1.29, 1.82) is 0 Å². The molecule has 2 N–H and O–H groups in total. The molecule has 1 heterocycles. The summed E-state index contributed by atoms with van der Waals surface area (Å²) in [6, 6.07) is 11.2. The Balaban J connectivity index is 1.74. The van der Waals surface area contributed by atoms with Crippen molar-refractivity contribution in [2.24, 2.45) is 0 Å². The Labute approximate surface area is 194 Å². The fourth-order valence-corrected chi connectivity index (χ4v) is 3.89. The summed E-state index contributed by atoms with van der Waals surface area (Å²) in [6.07, 6.45) is 1.42. The number of hydrogen-bond acceptors (Lipinski definition) is 6. The third-order valence-electron chi connectivity index (χ3n) is 3.91. The number of nitrogens with zero attached hydrogens (tertiary/aromatic N) is 1. The normalized spacial score (nSPS) is 14.8. The second-order valence-electron chi connectivity index (χ2n) is 6.19. The number of carboxylic acid groups (broad SMARTS) is 1. The van der Waals surface area contributed by atoms with E-state index < -0.39 is 36.2 Å². The summed E-state index contributed by atoms with van der Waals surface area (Å²) < 4.78 is 5.90. The molecule has 0 atom stereocenters. The van der Waals surface area contributed by atoms with Gasteiger partial charge in [-0.1, -0.05) is 27.5 Å². The molecule has 31 heavy (non-hydrogen) atoms. The molecule has 11 heteroatoms. The maximum Gasteiger partial charge on any atom is 0.341 e. The van der Waals surface area contributed by atoms with Crippen LogP contribution in [-0.4, -0.2) is 46.2 Å². The van der Waals surface area contributed by atoms with Gasteiger partial charge in [0.2, 0.25) is 5.91 Å². The number of carbonyl (C=O) groups excluding carboxylic acids is 3. The van der Waals surface area contributed by atoms with Crippen LogP contribution in [0.25, 0.3) is 6.08 Å². The summed E-state index contributed by atoms with van der Waals surface area (Å²) in [5.41, 5.74) is 0.887. The van der Waals surface area contributed by atoms with Crippen LogP contribution in [0.5, 0.6) is 5.75 Å². The smallest absolute Gasteiger partial charge is 0.341 e. The first-order chi connectivity index (χ1) is 14.7. The predicted molar refractivity (Wildman–Crippen MR) is 120 cm³/mol. The molecular weight excluding hydrogens is 512 g/mol. The summed E-state index contributed by atoms with van der Waals surface area (Å²) in [4.78, 5) is 48.9. The predicted octanol–water partition coefficient (Wildman–Crippen LogP) is 4.24. The van der Waals surface area contributed by atoms with Gasteiger partial charge in [0.15, 0.2) is 6.61 Å². The molecule has 2 aromatic carbocycles. The highest BCUT2D eigenvalue weighted by Crippen LogP contribution is 2.34. The van der Waals surface area contributed by atoms with Gasteiger partial charge in [-0.2, -0.15) is 0 Å². The number of ether oxygens (including phenoxy) is 1. The van der Waals surface area contributed by atoms with Gasteiger partial charge in [-0.25, -0.2) is 4.79 Å². The van der Waals surface area contributed by atoms with E-state index in [0.29, 0.717) is 32.5 Å². The second kappa shape index (κ2) is 9.99. The number of imide groups is 1. The van der Waals surface area contributed by atoms with E-state index in [2.05, 4.69) is 21.2 Å². The van der Waals surface area contributed by atoms with Crippen LogP contribution in [0.1, 0.15) is 5.56 Å². The van der Waals surface area contributed by atoms with Gasteiger partial charge < -0.3 is 15.2 Å². The molecule has 0 bridgehead atoms. The number of aliphatic carboxylic acids is 1. The minimum atomic E-state index is -1.15. The van der Waals surface area contributed by atoms with Gasteiger partial charge >= 0.3 is 5.97 Å². The zero-order valence-corrected chi connectivity index (χ0v) is 18.8. The Morgan fingerprint density at radius 3 is 2.58 bits per heavy atom. The van der Waals surface area contributed by atoms with E-state index >= 15 is 0 Å². The van der Waals surface area contributed by atoms with E-state index in [1.807, 2.05) is 0 Å². The van der Waals surface area contributed by atoms with Gasteiger partial charge in [0.25, 0.3) is 11.1 Å². The fourth-order valence-electron chi connectivity index (χ4n) is 2.56. The van der Waals surface area contributed by atoms with Crippen molar-refractivity contribution in [2.45, 2.75) is 0 Å². The van der Waals surface area contributed by atoms with Crippen LogP contribution in [0.4, 0.5) is 10.5 Å². The first kappa shape index (κ1) is 22.9. The lowest BCUT2D eigenvalue weighted by Crippen LogP contribution is -2.36. The van der Waals surface area contributed by atoms with Gasteiger partial charge in [0.05, 0.1) is 4.91 Å². The van der Waals surface area contributed by atoms with Gasteiger partial charge in [-0.15, -0.1) is 0 Å². The molecule has 0 spiro atoms. The lowest BCUT2D eigenvalue weighted by molar-refractivity contribution is -0.139. The molecule has 0 radical (unpaired) electrons. The highest BCUT2D eigenvalue weighted by molar-refractivity contribution is 9.10. The zero-order valence-electron chi connectivity index (χ0n) is 15.6. The van der Waals surface area contributed by atoms with E-state index in [9.17, 15) is 19.2 Å². The highest BCUT2D eigenvalue weighted by atomic mass is 79.9. The Morgan fingerprint density at radius 1 is 1.19 bits per heavy atom. The minimum absolute atomic E-state index is 0.0857. The van der Waals surface area contributed by atoms with Crippen molar-refractivity contribution in [2.75, 3.05) is 18.5 Å². The van der Waals surface area contributed by atoms with Crippen LogP contribution in [0.3, 0.4) is 0 Å². The number of rotatable bonds is 7. The molecule has 1 aliphatic heterocycles. The number of anilines is 1. The van der Waals surface area contributed by atoms with Crippen LogP contribution in [0, 0.1) is 0 Å². The lowest BCUT2D eigenvalue weighted by Gasteiger charge is -2.12. The van der Waals surface area contributed by atoms with Crippen LogP contribution < -0.4 is 10.1 Å². The molecule has 0 aliphatic carbocycles. The molecule has 3 rings (SSSR count). The van der Waals surface area contributed by atoms with E-state index in [-0.39, 0.29) is 10.7 Å². The number of hydrogen-bond donors (Lipinski definition) is 2. The standard InChI is InChI=1S/C20H14BrClN2O6S/c21-12-1-6-15(30-10-18(26)27)11(7-12)8-16-19(28)24(20(29)31-16)9-17(25)23-14-4-2-13(22)3-5-14/h1-8H,9-10H2,(H,23,25)(H,26,27)/b16-8+. The van der Waals surface area contributed by atoms with Crippen molar-refractivity contribution >= 4 is 74.1 Å². The summed E-state index contributed by atoms with van der Waals surface area (Å²) >= 11 is 9.78. The van der Waals surface area contributed by atoms with Crippen LogP contribution in [-0.2, 0) is 14.4 Å². The molecule has 1 aliphatic rings. The Bertz CT molecular complexity index is 1090. The number of halogens is 2. The van der Waals surface area contributed by atoms with Gasteiger partial charge in [0, 0.05) is 20.7 Å². The van der Waals surface area contributed by atoms with Gasteiger partial charge in [-0.3, -0.25) is 19.3 Å². The Morgan fingerprint density at radius 2 is 1.90 bits per heavy atom. The van der Waals surface area contributed by atoms with Gasteiger partial charge in [-0.05, 0) is 60.3 Å². The highest BCUT2D eigenvalue weighted by Gasteiger charge is 2.36. The van der Waals surface area contributed by atoms with E-state index in [4.69, 9.17) is 21.4 Å². The molecule has 8 nitrogen and oxygen atoms in total. The van der Waals surface area contributed by atoms with Crippen molar-refractivity contribution < 1.29 is 29.0 Å². The summed E-state index contributed by atoms with van der Waals surface area (Å²) in [5.74, 6) is -2.09. The number of carbonyl (C=O) groups is 4. The summed E-state index contributed by atoms with van der Waals surface area (Å²) in [6.45, 7) is -1.01. The van der Waals surface area contributed by atoms with E-state index in [0.717, 1.165) is 4.90 Å². The quantitative estimate of drug-likeness (QED) is 0.520. The third kappa shape index (κ3) is 6.09. The number of nitrogens with one attached hydrogen (secondary N) is 1. The molecule has 3 amide bonds. The van der Waals surface area contributed by atoms with E-state index in [1.54, 1.807) is 42.5 Å². The topological polar surface area (TPSA) is 113 Å². The summed E-state index contributed by atoms with van der Waals surface area (Å²) in [7, 11) is 0. The third-order valence-corrected chi connectivity index (χ3v) is 5.57. The molecule has 0 unspecified atom stereocenters. The molecule has 0 aromatic heterocycles. The lowest BCUT2D eigenvalue weighted by atomic mass is 10.2. The molecule has 1 saturated heterocycles. The maximum atomic E-state index is 12.7. The van der Waals surface area contributed by atoms with Gasteiger partial charge in [0.1, 0.15) is 12.3 Å². The minimum Gasteiger partial charge on any atom is -0.481 e. The number of thioether (sulfide) groups is 1. The summed E-state index contributed by atoms with van der Waals surface area (Å²) in [5, 5.41) is 11.3. The number of benzene rings is 2. The maximum absolute atomic E-state index is 12.7. The SMILES string of the molecule is O=C(O)COc1ccc(Br)cc1/C=C1/SC(=O)N(CC(=O)Nc2ccc(Cl)cc2)C1=O. The number of amides is 3. The molecule has 1 fully saturated rings. The average Bonchev–Trinajstić information content (AvgIpc) is 2.96. The monoisotopic (exact) mass is 524 g/mol. The molecule has 2 aromatic rings. The Kier molecular flexibility index (Phi) is 7.37. The second-order valence-corrected chi connectivity index (χ2v) is 8.53. The Hall–Kier alpha value is -2.82. The van der Waals surface area contributed by atoms with Crippen molar-refractivity contribution in [1.82, 2.24) is 4.90 Å². The van der Waals surface area contributed by atoms with Crippen molar-refractivity contribution in [3.8, 4) is 5.75 Å². The molecule has 160 valence electrons. The molecule has 0 saturated carbocycles. The largest absolute Gasteiger partial charge is 0.481 e. The first-order valence-electron chi connectivity index (χ1n) is 8.68.